The van der Waals surface area contributed by atoms with Gasteiger partial charge in [0.25, 0.3) is 0 Å². The van der Waals surface area contributed by atoms with E-state index in [0.29, 0.717) is 12.1 Å². The van der Waals surface area contributed by atoms with Gasteiger partial charge in [-0.1, -0.05) is 18.9 Å². The van der Waals surface area contributed by atoms with Crippen molar-refractivity contribution in [3.05, 3.63) is 24.3 Å². The van der Waals surface area contributed by atoms with Crippen LogP contribution in [0.15, 0.2) is 24.3 Å². The van der Waals surface area contributed by atoms with Crippen molar-refractivity contribution in [3.8, 4) is 0 Å². The van der Waals surface area contributed by atoms with Gasteiger partial charge in [-0.3, -0.25) is 4.79 Å². The summed E-state index contributed by atoms with van der Waals surface area (Å²) < 4.78 is 0. The van der Waals surface area contributed by atoms with Crippen molar-refractivity contribution in [1.29, 1.82) is 0 Å². The van der Waals surface area contributed by atoms with Crippen LogP contribution in [0.4, 0.5) is 11.4 Å². The first-order valence-electron chi connectivity index (χ1n) is 7.97. The Morgan fingerprint density at radius 3 is 2.86 bits per heavy atom. The second kappa shape index (κ2) is 8.03. The van der Waals surface area contributed by atoms with Gasteiger partial charge in [0.15, 0.2) is 0 Å². The van der Waals surface area contributed by atoms with Gasteiger partial charge in [0.1, 0.15) is 0 Å². The first kappa shape index (κ1) is 15.8. The summed E-state index contributed by atoms with van der Waals surface area (Å²) in [6.07, 6.45) is 6.99. The van der Waals surface area contributed by atoms with Crippen LogP contribution in [0.5, 0.6) is 0 Å². The van der Waals surface area contributed by atoms with Crippen LogP contribution in [0.1, 0.15) is 38.5 Å². The van der Waals surface area contributed by atoms with Crippen molar-refractivity contribution in [3.63, 3.8) is 0 Å². The van der Waals surface area contributed by atoms with Gasteiger partial charge in [0.2, 0.25) is 5.91 Å². The van der Waals surface area contributed by atoms with Crippen LogP contribution >= 0.6 is 0 Å². The molecule has 1 aromatic carbocycles. The van der Waals surface area contributed by atoms with E-state index in [2.05, 4.69) is 17.3 Å². The van der Waals surface area contributed by atoms with Crippen LogP contribution in [0, 0.1) is 5.92 Å². The fraction of sp³-hybridized carbons (Fsp3) is 0.588. The van der Waals surface area contributed by atoms with E-state index in [1.165, 1.54) is 32.2 Å². The molecule has 1 fully saturated rings. The molecule has 0 atom stereocenters. The highest BCUT2D eigenvalue weighted by Crippen LogP contribution is 2.25. The summed E-state index contributed by atoms with van der Waals surface area (Å²) in [5.41, 5.74) is 7.14. The Balaban J connectivity index is 1.62. The average Bonchev–Trinajstić information content (AvgIpc) is 2.91. The van der Waals surface area contributed by atoms with Gasteiger partial charge < -0.3 is 16.0 Å². The fourth-order valence-electron chi connectivity index (χ4n) is 3.07. The topological polar surface area (TPSA) is 58.4 Å². The number of carbonyl (C=O) groups is 1. The lowest BCUT2D eigenvalue weighted by atomic mass is 10.1. The van der Waals surface area contributed by atoms with Gasteiger partial charge in [-0.25, -0.2) is 0 Å². The van der Waals surface area contributed by atoms with E-state index >= 15 is 0 Å². The minimum Gasteiger partial charge on any atom is -0.399 e. The number of hydrogen-bond donors (Lipinski definition) is 2. The first-order valence-corrected chi connectivity index (χ1v) is 7.97. The molecule has 4 heteroatoms. The van der Waals surface area contributed by atoms with Crippen molar-refractivity contribution >= 4 is 17.3 Å². The second-order valence-corrected chi connectivity index (χ2v) is 6.19. The summed E-state index contributed by atoms with van der Waals surface area (Å²) in [5, 5.41) is 2.89. The molecule has 1 aliphatic rings. The van der Waals surface area contributed by atoms with Crippen molar-refractivity contribution in [2.45, 2.75) is 38.5 Å². The van der Waals surface area contributed by atoms with Gasteiger partial charge in [-0.05, 0) is 57.0 Å². The monoisotopic (exact) mass is 289 g/mol. The number of hydrogen-bond acceptors (Lipinski definition) is 3. The molecule has 1 aromatic rings. The lowest BCUT2D eigenvalue weighted by Gasteiger charge is -2.20. The highest BCUT2D eigenvalue weighted by Gasteiger charge is 2.16. The van der Waals surface area contributed by atoms with Crippen molar-refractivity contribution in [2.24, 2.45) is 5.92 Å². The minimum atomic E-state index is 0.0647. The summed E-state index contributed by atoms with van der Waals surface area (Å²) in [6, 6.07) is 7.30. The fourth-order valence-corrected chi connectivity index (χ4v) is 3.07. The van der Waals surface area contributed by atoms with E-state index in [-0.39, 0.29) is 5.91 Å². The third-order valence-electron chi connectivity index (χ3n) is 4.16. The highest BCUT2D eigenvalue weighted by atomic mass is 16.1. The van der Waals surface area contributed by atoms with E-state index in [1.54, 1.807) is 6.07 Å². The third kappa shape index (κ3) is 5.76. The summed E-state index contributed by atoms with van der Waals surface area (Å²) in [7, 11) is 2.16. The predicted molar refractivity (Wildman–Crippen MR) is 88.2 cm³/mol. The molecule has 0 heterocycles. The summed E-state index contributed by atoms with van der Waals surface area (Å²) >= 11 is 0. The Morgan fingerprint density at radius 1 is 1.38 bits per heavy atom. The molecule has 2 rings (SSSR count). The molecule has 1 saturated carbocycles. The lowest BCUT2D eigenvalue weighted by molar-refractivity contribution is -0.116. The maximum atomic E-state index is 11.9. The Hall–Kier alpha value is -1.55. The van der Waals surface area contributed by atoms with E-state index in [1.807, 2.05) is 18.2 Å². The predicted octanol–water partition coefficient (Wildman–Crippen LogP) is 3.11. The van der Waals surface area contributed by atoms with Crippen LogP contribution in [0.3, 0.4) is 0 Å². The van der Waals surface area contributed by atoms with Crippen LogP contribution in [0.25, 0.3) is 0 Å². The number of nitrogens with two attached hydrogens (primary N) is 1. The van der Waals surface area contributed by atoms with Crippen molar-refractivity contribution in [2.75, 3.05) is 31.2 Å². The number of nitrogen functional groups attached to an aromatic ring is 1. The molecule has 4 nitrogen and oxygen atoms in total. The molecule has 0 unspecified atom stereocenters. The van der Waals surface area contributed by atoms with Crippen LogP contribution in [0.2, 0.25) is 0 Å². The normalized spacial score (nSPS) is 15.5. The largest absolute Gasteiger partial charge is 0.399 e. The number of benzene rings is 1. The number of amides is 1. The molecule has 0 aliphatic heterocycles. The number of carbonyl (C=O) groups excluding carboxylic acids is 1. The molecule has 0 spiro atoms. The van der Waals surface area contributed by atoms with Crippen LogP contribution < -0.4 is 11.1 Å². The molecular weight excluding hydrogens is 262 g/mol. The molecule has 0 radical (unpaired) electrons. The van der Waals surface area contributed by atoms with Gasteiger partial charge >= 0.3 is 0 Å². The van der Waals surface area contributed by atoms with E-state index in [0.717, 1.165) is 24.6 Å². The number of rotatable bonds is 7. The zero-order chi connectivity index (χ0) is 15.1. The standard InChI is InChI=1S/C17H27N3O/c1-20(13-14-6-2-3-7-14)11-5-10-17(21)19-16-9-4-8-15(18)12-16/h4,8-9,12,14H,2-3,5-7,10-11,13,18H2,1H3,(H,19,21). The Kier molecular flexibility index (Phi) is 6.05. The zero-order valence-electron chi connectivity index (χ0n) is 13.0. The summed E-state index contributed by atoms with van der Waals surface area (Å²) in [5.74, 6) is 0.936. The molecule has 0 bridgehead atoms. The van der Waals surface area contributed by atoms with E-state index in [4.69, 9.17) is 5.73 Å². The van der Waals surface area contributed by atoms with Crippen molar-refractivity contribution < 1.29 is 4.79 Å². The lowest BCUT2D eigenvalue weighted by Crippen LogP contribution is -2.26. The van der Waals surface area contributed by atoms with Gasteiger partial charge in [0.05, 0.1) is 0 Å². The molecule has 3 N–H and O–H groups in total. The zero-order valence-corrected chi connectivity index (χ0v) is 13.0. The average molecular weight is 289 g/mol. The maximum Gasteiger partial charge on any atom is 0.224 e. The SMILES string of the molecule is CN(CCCC(=O)Nc1cccc(N)c1)CC1CCCC1. The third-order valence-corrected chi connectivity index (χ3v) is 4.16. The number of nitrogens with one attached hydrogen (secondary N) is 1. The quantitative estimate of drug-likeness (QED) is 0.758. The van der Waals surface area contributed by atoms with Crippen LogP contribution in [-0.4, -0.2) is 30.9 Å². The Labute approximate surface area is 127 Å². The van der Waals surface area contributed by atoms with Gasteiger partial charge in [-0.15, -0.1) is 0 Å². The molecule has 1 aliphatic carbocycles. The molecule has 21 heavy (non-hydrogen) atoms. The van der Waals surface area contributed by atoms with Gasteiger partial charge in [-0.2, -0.15) is 0 Å². The molecule has 0 aromatic heterocycles. The maximum absolute atomic E-state index is 11.9. The van der Waals surface area contributed by atoms with E-state index in [9.17, 15) is 4.79 Å². The summed E-state index contributed by atoms with van der Waals surface area (Å²) in [6.45, 7) is 2.16. The number of anilines is 2. The molecular formula is C17H27N3O. The highest BCUT2D eigenvalue weighted by molar-refractivity contribution is 5.91. The van der Waals surface area contributed by atoms with Crippen molar-refractivity contribution in [1.82, 2.24) is 4.90 Å². The Bertz CT molecular complexity index is 455. The summed E-state index contributed by atoms with van der Waals surface area (Å²) in [4.78, 5) is 14.2. The van der Waals surface area contributed by atoms with Crippen LogP contribution in [-0.2, 0) is 4.79 Å². The second-order valence-electron chi connectivity index (χ2n) is 6.19. The molecule has 116 valence electrons. The first-order chi connectivity index (χ1) is 10.1. The Morgan fingerprint density at radius 2 is 2.14 bits per heavy atom. The molecule has 0 saturated heterocycles. The minimum absolute atomic E-state index is 0.0647. The smallest absolute Gasteiger partial charge is 0.224 e. The van der Waals surface area contributed by atoms with Gasteiger partial charge in [0, 0.05) is 24.3 Å². The number of nitrogens with zero attached hydrogens (tertiary/aromatic N) is 1. The van der Waals surface area contributed by atoms with E-state index < -0.39 is 0 Å². The molecule has 1 amide bonds.